The van der Waals surface area contributed by atoms with Gasteiger partial charge in [0.1, 0.15) is 5.78 Å². The second-order valence-electron chi connectivity index (χ2n) is 4.53. The van der Waals surface area contributed by atoms with E-state index in [2.05, 4.69) is 30.3 Å². The Morgan fingerprint density at radius 3 is 2.67 bits per heavy atom. The van der Waals surface area contributed by atoms with Crippen LogP contribution in [0.2, 0.25) is 0 Å². The molecule has 0 N–H and O–H groups in total. The average molecular weight is 202 g/mol. The zero-order valence-corrected chi connectivity index (χ0v) is 9.11. The number of Topliss-reactive ketones (excluding diaryl/α,β-unsaturated/α-hetero) is 1. The minimum Gasteiger partial charge on any atom is -0.300 e. The molecule has 0 saturated heterocycles. The van der Waals surface area contributed by atoms with Gasteiger partial charge in [-0.3, -0.25) is 4.79 Å². The van der Waals surface area contributed by atoms with Crippen LogP contribution in [0.4, 0.5) is 0 Å². The molecule has 1 aromatic rings. The molecule has 1 aromatic carbocycles. The summed E-state index contributed by atoms with van der Waals surface area (Å²) in [5.74, 6) is 1.18. The van der Waals surface area contributed by atoms with Gasteiger partial charge in [0.2, 0.25) is 0 Å². The van der Waals surface area contributed by atoms with Gasteiger partial charge in [0.25, 0.3) is 0 Å². The first-order chi connectivity index (χ1) is 7.34. The molecule has 1 saturated carbocycles. The third-order valence-electron chi connectivity index (χ3n) is 3.27. The van der Waals surface area contributed by atoms with E-state index in [1.165, 1.54) is 12.0 Å². The van der Waals surface area contributed by atoms with Gasteiger partial charge in [0.15, 0.2) is 0 Å². The topological polar surface area (TPSA) is 17.1 Å². The van der Waals surface area contributed by atoms with Crippen LogP contribution >= 0.6 is 0 Å². The number of hydrogen-bond acceptors (Lipinski definition) is 1. The van der Waals surface area contributed by atoms with Gasteiger partial charge in [-0.2, -0.15) is 0 Å². The summed E-state index contributed by atoms with van der Waals surface area (Å²) in [6, 6.07) is 10.6. The molecule has 0 amide bonds. The van der Waals surface area contributed by atoms with E-state index >= 15 is 0 Å². The largest absolute Gasteiger partial charge is 0.300 e. The van der Waals surface area contributed by atoms with Gasteiger partial charge in [-0.1, -0.05) is 30.3 Å². The fourth-order valence-corrected chi connectivity index (χ4v) is 2.37. The van der Waals surface area contributed by atoms with Crippen LogP contribution in [0.3, 0.4) is 0 Å². The van der Waals surface area contributed by atoms with E-state index in [1.54, 1.807) is 0 Å². The van der Waals surface area contributed by atoms with Crippen LogP contribution in [0, 0.1) is 5.92 Å². The second kappa shape index (κ2) is 5.11. The van der Waals surface area contributed by atoms with Crippen molar-refractivity contribution >= 4 is 5.78 Å². The Bertz CT molecular complexity index is 315. The molecule has 15 heavy (non-hydrogen) atoms. The van der Waals surface area contributed by atoms with Crippen LogP contribution in [0.25, 0.3) is 0 Å². The number of ketones is 1. The van der Waals surface area contributed by atoms with Crippen molar-refractivity contribution in [2.75, 3.05) is 0 Å². The number of carbonyl (C=O) groups excluding carboxylic acids is 1. The summed E-state index contributed by atoms with van der Waals surface area (Å²) in [6.07, 6.45) is 6.17. The molecule has 0 bridgehead atoms. The summed E-state index contributed by atoms with van der Waals surface area (Å²) in [7, 11) is 0. The molecule has 0 spiro atoms. The summed E-state index contributed by atoms with van der Waals surface area (Å²) in [5.41, 5.74) is 1.41. The highest BCUT2D eigenvalue weighted by Gasteiger charge is 2.16. The summed E-state index contributed by atoms with van der Waals surface area (Å²) in [6.45, 7) is 0. The van der Waals surface area contributed by atoms with Gasteiger partial charge in [0, 0.05) is 12.8 Å². The SMILES string of the molecule is O=C1CCCC(Cc2ccccc2)CC1. The molecular formula is C14H18O. The van der Waals surface area contributed by atoms with Crippen molar-refractivity contribution in [3.8, 4) is 0 Å². The molecule has 1 fully saturated rings. The fraction of sp³-hybridized carbons (Fsp3) is 0.500. The van der Waals surface area contributed by atoms with Crippen LogP contribution in [0.5, 0.6) is 0 Å². The summed E-state index contributed by atoms with van der Waals surface area (Å²) < 4.78 is 0. The Hall–Kier alpha value is -1.11. The Kier molecular flexibility index (Phi) is 3.54. The number of benzene rings is 1. The van der Waals surface area contributed by atoms with Gasteiger partial charge < -0.3 is 0 Å². The average Bonchev–Trinajstić information content (AvgIpc) is 2.46. The third kappa shape index (κ3) is 3.19. The summed E-state index contributed by atoms with van der Waals surface area (Å²) in [5, 5.41) is 0. The normalized spacial score (nSPS) is 22.4. The van der Waals surface area contributed by atoms with E-state index < -0.39 is 0 Å². The molecule has 0 radical (unpaired) electrons. The molecule has 1 aliphatic rings. The van der Waals surface area contributed by atoms with E-state index in [9.17, 15) is 4.79 Å². The highest BCUT2D eigenvalue weighted by Crippen LogP contribution is 2.24. The zero-order chi connectivity index (χ0) is 10.5. The maximum absolute atomic E-state index is 11.3. The van der Waals surface area contributed by atoms with Crippen molar-refractivity contribution in [2.24, 2.45) is 5.92 Å². The first kappa shape index (κ1) is 10.4. The van der Waals surface area contributed by atoms with E-state index in [1.807, 2.05) is 0 Å². The molecule has 1 atom stereocenters. The third-order valence-corrected chi connectivity index (χ3v) is 3.27. The maximum atomic E-state index is 11.3. The number of rotatable bonds is 2. The molecule has 2 rings (SSSR count). The maximum Gasteiger partial charge on any atom is 0.132 e. The lowest BCUT2D eigenvalue weighted by molar-refractivity contribution is -0.118. The van der Waals surface area contributed by atoms with Gasteiger partial charge >= 0.3 is 0 Å². The summed E-state index contributed by atoms with van der Waals surface area (Å²) in [4.78, 5) is 11.3. The minimum atomic E-state index is 0.463. The quantitative estimate of drug-likeness (QED) is 0.672. The van der Waals surface area contributed by atoms with Crippen LogP contribution < -0.4 is 0 Å². The fourth-order valence-electron chi connectivity index (χ4n) is 2.37. The predicted octanol–water partition coefficient (Wildman–Crippen LogP) is 3.38. The smallest absolute Gasteiger partial charge is 0.132 e. The molecule has 1 heteroatoms. The van der Waals surface area contributed by atoms with Crippen molar-refractivity contribution in [2.45, 2.75) is 38.5 Å². The zero-order valence-electron chi connectivity index (χ0n) is 9.11. The van der Waals surface area contributed by atoms with Gasteiger partial charge in [-0.25, -0.2) is 0 Å². The molecule has 1 nitrogen and oxygen atoms in total. The van der Waals surface area contributed by atoms with Crippen molar-refractivity contribution in [3.63, 3.8) is 0 Å². The lowest BCUT2D eigenvalue weighted by atomic mass is 9.92. The standard InChI is InChI=1S/C14H18O/c15-14-8-4-7-13(9-10-14)11-12-5-2-1-3-6-12/h1-3,5-6,13H,4,7-11H2. The van der Waals surface area contributed by atoms with E-state index in [4.69, 9.17) is 0 Å². The first-order valence-corrected chi connectivity index (χ1v) is 5.90. The van der Waals surface area contributed by atoms with Crippen LogP contribution in [-0.4, -0.2) is 5.78 Å². The van der Waals surface area contributed by atoms with E-state index in [-0.39, 0.29) is 0 Å². The Morgan fingerprint density at radius 1 is 1.07 bits per heavy atom. The molecule has 80 valence electrons. The minimum absolute atomic E-state index is 0.463. The van der Waals surface area contributed by atoms with E-state index in [0.717, 1.165) is 38.0 Å². The van der Waals surface area contributed by atoms with Crippen LogP contribution in [0.1, 0.15) is 37.7 Å². The predicted molar refractivity (Wildman–Crippen MR) is 61.7 cm³/mol. The van der Waals surface area contributed by atoms with Crippen molar-refractivity contribution < 1.29 is 4.79 Å². The highest BCUT2D eigenvalue weighted by atomic mass is 16.1. The van der Waals surface area contributed by atoms with Crippen molar-refractivity contribution in [1.29, 1.82) is 0 Å². The molecule has 1 aliphatic carbocycles. The molecule has 0 aromatic heterocycles. The second-order valence-corrected chi connectivity index (χ2v) is 4.53. The lowest BCUT2D eigenvalue weighted by Crippen LogP contribution is -2.03. The number of hydrogen-bond donors (Lipinski definition) is 0. The Labute approximate surface area is 91.5 Å². The van der Waals surface area contributed by atoms with Crippen LogP contribution in [-0.2, 0) is 11.2 Å². The molecule has 0 heterocycles. The van der Waals surface area contributed by atoms with Crippen molar-refractivity contribution in [1.82, 2.24) is 0 Å². The molecule has 0 aliphatic heterocycles. The van der Waals surface area contributed by atoms with Gasteiger partial charge in [-0.15, -0.1) is 0 Å². The highest BCUT2D eigenvalue weighted by molar-refractivity contribution is 5.78. The molecule has 1 unspecified atom stereocenters. The van der Waals surface area contributed by atoms with Gasteiger partial charge in [0.05, 0.1) is 0 Å². The Balaban J connectivity index is 1.92. The van der Waals surface area contributed by atoms with E-state index in [0.29, 0.717) is 5.78 Å². The number of carbonyl (C=O) groups is 1. The first-order valence-electron chi connectivity index (χ1n) is 5.90. The van der Waals surface area contributed by atoms with Crippen molar-refractivity contribution in [3.05, 3.63) is 35.9 Å². The van der Waals surface area contributed by atoms with Gasteiger partial charge in [-0.05, 0) is 37.2 Å². The lowest BCUT2D eigenvalue weighted by Gasteiger charge is -2.12. The Morgan fingerprint density at radius 2 is 1.87 bits per heavy atom. The molecular weight excluding hydrogens is 184 g/mol. The van der Waals surface area contributed by atoms with Crippen LogP contribution in [0.15, 0.2) is 30.3 Å². The summed E-state index contributed by atoms with van der Waals surface area (Å²) >= 11 is 0. The monoisotopic (exact) mass is 202 g/mol.